The van der Waals surface area contributed by atoms with Crippen LogP contribution in [0.5, 0.6) is 0 Å². The van der Waals surface area contributed by atoms with Crippen molar-refractivity contribution < 1.29 is 8.42 Å². The van der Waals surface area contributed by atoms with Gasteiger partial charge < -0.3 is 0 Å². The summed E-state index contributed by atoms with van der Waals surface area (Å²) >= 11 is 3.24. The molecule has 7 heteroatoms. The Balaban J connectivity index is 2.46. The summed E-state index contributed by atoms with van der Waals surface area (Å²) in [6.45, 7) is 0.499. The molecule has 0 fully saturated rings. The third-order valence-corrected chi connectivity index (χ3v) is 4.42. The Labute approximate surface area is 102 Å². The van der Waals surface area contributed by atoms with Gasteiger partial charge in [-0.1, -0.05) is 15.9 Å². The first-order valence-corrected chi connectivity index (χ1v) is 7.82. The van der Waals surface area contributed by atoms with Gasteiger partial charge in [0.2, 0.25) is 0 Å². The fourth-order valence-corrected chi connectivity index (χ4v) is 3.41. The summed E-state index contributed by atoms with van der Waals surface area (Å²) in [6.07, 6.45) is 0.403. The van der Waals surface area contributed by atoms with Crippen molar-refractivity contribution in [1.29, 1.82) is 0 Å². The number of aryl methyl sites for hydroxylation is 2. The third kappa shape index (κ3) is 2.35. The van der Waals surface area contributed by atoms with Crippen LogP contribution in [0.25, 0.3) is 0 Å². The molecule has 16 heavy (non-hydrogen) atoms. The van der Waals surface area contributed by atoms with Gasteiger partial charge in [-0.25, -0.2) is 13.1 Å². The molecule has 0 saturated heterocycles. The number of hydrogen-bond donors (Lipinski definition) is 0. The SMILES string of the molecule is O=c1cc2c(nn1CCBr)CCS(=O)(=O)C2. The van der Waals surface area contributed by atoms with E-state index in [-0.39, 0.29) is 17.1 Å². The van der Waals surface area contributed by atoms with Crippen LogP contribution in [0.15, 0.2) is 10.9 Å². The highest BCUT2D eigenvalue weighted by molar-refractivity contribution is 9.09. The molecule has 0 radical (unpaired) electrons. The van der Waals surface area contributed by atoms with Crippen LogP contribution in [-0.2, 0) is 28.6 Å². The highest BCUT2D eigenvalue weighted by Gasteiger charge is 2.23. The van der Waals surface area contributed by atoms with E-state index >= 15 is 0 Å². The zero-order valence-corrected chi connectivity index (χ0v) is 10.9. The first-order valence-electron chi connectivity index (χ1n) is 4.88. The van der Waals surface area contributed by atoms with Crippen LogP contribution in [-0.4, -0.2) is 29.3 Å². The average Bonchev–Trinajstić information content (AvgIpc) is 2.19. The summed E-state index contributed by atoms with van der Waals surface area (Å²) < 4.78 is 24.1. The summed E-state index contributed by atoms with van der Waals surface area (Å²) in [5, 5.41) is 4.83. The lowest BCUT2D eigenvalue weighted by Gasteiger charge is -2.16. The maximum absolute atomic E-state index is 11.6. The van der Waals surface area contributed by atoms with Gasteiger partial charge in [0, 0.05) is 17.8 Å². The number of aromatic nitrogens is 2. The monoisotopic (exact) mass is 306 g/mol. The van der Waals surface area contributed by atoms with Gasteiger partial charge in [-0.15, -0.1) is 0 Å². The molecule has 88 valence electrons. The van der Waals surface area contributed by atoms with E-state index < -0.39 is 9.84 Å². The standard InChI is InChI=1S/C9H11BrN2O3S/c10-2-3-12-9(13)5-7-6-16(14,15)4-1-8(7)11-12/h5H,1-4,6H2. The highest BCUT2D eigenvalue weighted by atomic mass is 79.9. The van der Waals surface area contributed by atoms with Gasteiger partial charge in [0.05, 0.1) is 23.7 Å². The molecule has 0 saturated carbocycles. The molecule has 0 atom stereocenters. The van der Waals surface area contributed by atoms with E-state index in [1.165, 1.54) is 10.7 Å². The molecule has 0 unspecified atom stereocenters. The van der Waals surface area contributed by atoms with Gasteiger partial charge >= 0.3 is 0 Å². The molecule has 2 heterocycles. The van der Waals surface area contributed by atoms with Gasteiger partial charge in [-0.2, -0.15) is 5.10 Å². The van der Waals surface area contributed by atoms with Crippen LogP contribution in [0.4, 0.5) is 0 Å². The van der Waals surface area contributed by atoms with Crippen LogP contribution in [0.1, 0.15) is 11.3 Å². The van der Waals surface area contributed by atoms with Gasteiger partial charge in [0.1, 0.15) is 0 Å². The molecule has 1 aliphatic heterocycles. The Bertz CT molecular complexity index is 565. The van der Waals surface area contributed by atoms with Crippen molar-refractivity contribution in [2.24, 2.45) is 0 Å². The Kier molecular flexibility index (Phi) is 3.16. The lowest BCUT2D eigenvalue weighted by Crippen LogP contribution is -2.29. The summed E-state index contributed by atoms with van der Waals surface area (Å²) in [7, 11) is -3.04. The minimum absolute atomic E-state index is 0.0558. The molecule has 0 spiro atoms. The number of nitrogens with zero attached hydrogens (tertiary/aromatic N) is 2. The minimum Gasteiger partial charge on any atom is -0.268 e. The van der Waals surface area contributed by atoms with E-state index in [0.717, 1.165) is 5.69 Å². The molecular formula is C9H11BrN2O3S. The number of sulfone groups is 1. The van der Waals surface area contributed by atoms with E-state index in [2.05, 4.69) is 21.0 Å². The Morgan fingerprint density at radius 1 is 1.50 bits per heavy atom. The highest BCUT2D eigenvalue weighted by Crippen LogP contribution is 2.16. The summed E-state index contributed by atoms with van der Waals surface area (Å²) in [4.78, 5) is 11.6. The summed E-state index contributed by atoms with van der Waals surface area (Å²) in [6, 6.07) is 1.39. The van der Waals surface area contributed by atoms with Crippen molar-refractivity contribution in [1.82, 2.24) is 9.78 Å². The lowest BCUT2D eigenvalue weighted by molar-refractivity contribution is 0.576. The predicted octanol–water partition coefficient (Wildman–Crippen LogP) is 0.109. The van der Waals surface area contributed by atoms with E-state index in [4.69, 9.17) is 0 Å². The van der Waals surface area contributed by atoms with E-state index in [0.29, 0.717) is 23.9 Å². The predicted molar refractivity (Wildman–Crippen MR) is 63.5 cm³/mol. The van der Waals surface area contributed by atoms with Crippen molar-refractivity contribution >= 4 is 25.8 Å². The van der Waals surface area contributed by atoms with Gasteiger partial charge in [0.25, 0.3) is 5.56 Å². The summed E-state index contributed by atoms with van der Waals surface area (Å²) in [5.41, 5.74) is 1.05. The van der Waals surface area contributed by atoms with E-state index in [1.807, 2.05) is 0 Å². The zero-order valence-electron chi connectivity index (χ0n) is 8.52. The van der Waals surface area contributed by atoms with Crippen molar-refractivity contribution in [2.75, 3.05) is 11.1 Å². The summed E-state index contributed by atoms with van der Waals surface area (Å²) in [5.74, 6) is 0.0687. The molecular weight excluding hydrogens is 296 g/mol. The Hall–Kier alpha value is -0.690. The molecule has 2 rings (SSSR count). The van der Waals surface area contributed by atoms with Crippen LogP contribution in [0.3, 0.4) is 0 Å². The van der Waals surface area contributed by atoms with E-state index in [1.54, 1.807) is 0 Å². The van der Waals surface area contributed by atoms with Crippen molar-refractivity contribution in [2.45, 2.75) is 18.7 Å². The van der Waals surface area contributed by atoms with Crippen LogP contribution in [0, 0.1) is 0 Å². The average molecular weight is 307 g/mol. The molecule has 0 bridgehead atoms. The van der Waals surface area contributed by atoms with Crippen LogP contribution < -0.4 is 5.56 Å². The number of fused-ring (bicyclic) bond motifs is 1. The van der Waals surface area contributed by atoms with Gasteiger partial charge in [0.15, 0.2) is 9.84 Å². The van der Waals surface area contributed by atoms with Gasteiger partial charge in [-0.3, -0.25) is 4.79 Å². The second-order valence-electron chi connectivity index (χ2n) is 3.71. The van der Waals surface area contributed by atoms with Crippen LogP contribution >= 0.6 is 15.9 Å². The number of rotatable bonds is 2. The maximum atomic E-state index is 11.6. The second kappa shape index (κ2) is 4.29. The molecule has 0 aromatic carbocycles. The van der Waals surface area contributed by atoms with Crippen molar-refractivity contribution in [3.8, 4) is 0 Å². The quantitative estimate of drug-likeness (QED) is 0.727. The largest absolute Gasteiger partial charge is 0.268 e. The number of alkyl halides is 1. The third-order valence-electron chi connectivity index (χ3n) is 2.49. The fourth-order valence-electron chi connectivity index (χ4n) is 1.70. The topological polar surface area (TPSA) is 69.0 Å². The maximum Gasteiger partial charge on any atom is 0.267 e. The first-order chi connectivity index (χ1) is 7.52. The normalized spacial score (nSPS) is 18.1. The molecule has 0 amide bonds. The Morgan fingerprint density at radius 2 is 2.25 bits per heavy atom. The van der Waals surface area contributed by atoms with Gasteiger partial charge in [-0.05, 0) is 5.56 Å². The van der Waals surface area contributed by atoms with Crippen molar-refractivity contribution in [3.63, 3.8) is 0 Å². The molecule has 1 aromatic rings. The van der Waals surface area contributed by atoms with Crippen molar-refractivity contribution in [3.05, 3.63) is 27.7 Å². The molecule has 0 aliphatic carbocycles. The zero-order chi connectivity index (χ0) is 11.8. The van der Waals surface area contributed by atoms with Crippen LogP contribution in [0.2, 0.25) is 0 Å². The fraction of sp³-hybridized carbons (Fsp3) is 0.556. The molecule has 0 N–H and O–H groups in total. The second-order valence-corrected chi connectivity index (χ2v) is 6.69. The van der Waals surface area contributed by atoms with E-state index in [9.17, 15) is 13.2 Å². The molecule has 5 nitrogen and oxygen atoms in total. The number of halogens is 1. The number of hydrogen-bond acceptors (Lipinski definition) is 4. The lowest BCUT2D eigenvalue weighted by atomic mass is 10.2. The smallest absolute Gasteiger partial charge is 0.267 e. The minimum atomic E-state index is -3.04. The first kappa shape index (κ1) is 11.8. The molecule has 1 aliphatic rings. The molecule has 1 aromatic heterocycles. The Morgan fingerprint density at radius 3 is 2.94 bits per heavy atom.